The number of nitrogens with one attached hydrogen (secondary N) is 1. The van der Waals surface area contributed by atoms with Crippen molar-refractivity contribution in [1.82, 2.24) is 15.1 Å². The molecule has 1 aliphatic rings. The molecule has 106 valence electrons. The molecule has 1 unspecified atom stereocenters. The second kappa shape index (κ2) is 10.4. The van der Waals surface area contributed by atoms with Crippen LogP contribution in [0.25, 0.3) is 0 Å². The fourth-order valence-electron chi connectivity index (χ4n) is 1.95. The van der Waals surface area contributed by atoms with E-state index in [0.717, 1.165) is 19.0 Å². The smallest absolute Gasteiger partial charge is 0.0110 e. The largest absolute Gasteiger partial charge is 0.314 e. The highest BCUT2D eigenvalue weighted by Crippen LogP contribution is 2.07. The van der Waals surface area contributed by atoms with Crippen LogP contribution < -0.4 is 5.32 Å². The highest BCUT2D eigenvalue weighted by Gasteiger charge is 2.15. The summed E-state index contributed by atoms with van der Waals surface area (Å²) in [6, 6.07) is 0.688. The van der Waals surface area contributed by atoms with E-state index in [1.54, 1.807) is 0 Å². The van der Waals surface area contributed by atoms with Crippen LogP contribution >= 0.6 is 24.8 Å². The van der Waals surface area contributed by atoms with Crippen LogP contribution in [0.15, 0.2) is 0 Å². The van der Waals surface area contributed by atoms with Crippen molar-refractivity contribution in [2.75, 3.05) is 46.3 Å². The Kier molecular flexibility index (Phi) is 12.1. The highest BCUT2D eigenvalue weighted by molar-refractivity contribution is 5.85. The van der Waals surface area contributed by atoms with E-state index in [9.17, 15) is 0 Å². The van der Waals surface area contributed by atoms with Crippen molar-refractivity contribution in [1.29, 1.82) is 0 Å². The Morgan fingerprint density at radius 3 is 2.12 bits per heavy atom. The van der Waals surface area contributed by atoms with Gasteiger partial charge in [0, 0.05) is 45.3 Å². The molecule has 1 rings (SSSR count). The minimum atomic E-state index is 0. The predicted octanol–water partition coefficient (Wildman–Crippen LogP) is 1.71. The third-order valence-electron chi connectivity index (χ3n) is 3.64. The Labute approximate surface area is 119 Å². The minimum absolute atomic E-state index is 0. The number of hydrogen-bond donors (Lipinski definition) is 1. The molecule has 0 aromatic carbocycles. The first kappa shape index (κ1) is 19.8. The van der Waals surface area contributed by atoms with Gasteiger partial charge >= 0.3 is 0 Å². The fourth-order valence-corrected chi connectivity index (χ4v) is 1.95. The summed E-state index contributed by atoms with van der Waals surface area (Å²) in [5.41, 5.74) is 0. The average Bonchev–Trinajstić information content (AvgIpc) is 2.26. The predicted molar refractivity (Wildman–Crippen MR) is 80.7 cm³/mol. The van der Waals surface area contributed by atoms with Crippen molar-refractivity contribution in [3.63, 3.8) is 0 Å². The van der Waals surface area contributed by atoms with Crippen LogP contribution in [0, 0.1) is 5.92 Å². The zero-order valence-corrected chi connectivity index (χ0v) is 13.2. The van der Waals surface area contributed by atoms with Gasteiger partial charge < -0.3 is 10.2 Å². The average molecular weight is 286 g/mol. The van der Waals surface area contributed by atoms with Crippen molar-refractivity contribution in [3.05, 3.63) is 0 Å². The lowest BCUT2D eigenvalue weighted by Crippen LogP contribution is -2.47. The molecule has 0 radical (unpaired) electrons. The van der Waals surface area contributed by atoms with Gasteiger partial charge in [0.25, 0.3) is 0 Å². The molecule has 1 N–H and O–H groups in total. The standard InChI is InChI=1S/C12H27N3.2ClH/c1-11(2)12(3)14(4)9-10-15-7-5-13-6-8-15;;/h11-13H,5-10H2,1-4H3;2*1H. The maximum atomic E-state index is 3.39. The van der Waals surface area contributed by atoms with Crippen molar-refractivity contribution >= 4 is 24.8 Å². The van der Waals surface area contributed by atoms with Crippen molar-refractivity contribution in [3.8, 4) is 0 Å². The van der Waals surface area contributed by atoms with Gasteiger partial charge in [-0.05, 0) is 19.9 Å². The summed E-state index contributed by atoms with van der Waals surface area (Å²) in [5.74, 6) is 0.748. The van der Waals surface area contributed by atoms with Gasteiger partial charge in [-0.15, -0.1) is 24.8 Å². The van der Waals surface area contributed by atoms with Gasteiger partial charge in [-0.1, -0.05) is 13.8 Å². The normalized spacial score (nSPS) is 18.7. The molecule has 0 aliphatic carbocycles. The Hall–Kier alpha value is 0.460. The van der Waals surface area contributed by atoms with E-state index in [2.05, 4.69) is 42.9 Å². The zero-order chi connectivity index (χ0) is 11.3. The lowest BCUT2D eigenvalue weighted by atomic mass is 10.1. The molecule has 0 amide bonds. The van der Waals surface area contributed by atoms with Crippen LogP contribution in [0.1, 0.15) is 20.8 Å². The third-order valence-corrected chi connectivity index (χ3v) is 3.64. The van der Waals surface area contributed by atoms with Gasteiger partial charge in [0.2, 0.25) is 0 Å². The van der Waals surface area contributed by atoms with Crippen LogP contribution in [0.2, 0.25) is 0 Å². The van der Waals surface area contributed by atoms with E-state index in [0.29, 0.717) is 6.04 Å². The number of rotatable bonds is 5. The number of likely N-dealkylation sites (N-methyl/N-ethyl adjacent to an activating group) is 1. The third kappa shape index (κ3) is 7.47. The summed E-state index contributed by atoms with van der Waals surface area (Å²) in [4.78, 5) is 5.03. The second-order valence-electron chi connectivity index (χ2n) is 5.06. The first-order chi connectivity index (χ1) is 7.11. The van der Waals surface area contributed by atoms with Gasteiger partial charge in [0.05, 0.1) is 0 Å². The van der Waals surface area contributed by atoms with Crippen LogP contribution in [-0.4, -0.2) is 62.2 Å². The first-order valence-electron chi connectivity index (χ1n) is 6.24. The lowest BCUT2D eigenvalue weighted by Gasteiger charge is -2.32. The molecule has 0 bridgehead atoms. The van der Waals surface area contributed by atoms with Gasteiger partial charge in [0.15, 0.2) is 0 Å². The van der Waals surface area contributed by atoms with Crippen LogP contribution in [-0.2, 0) is 0 Å². The summed E-state index contributed by atoms with van der Waals surface area (Å²) < 4.78 is 0. The number of halogens is 2. The Balaban J connectivity index is 0. The quantitative estimate of drug-likeness (QED) is 0.830. The molecule has 1 heterocycles. The molecule has 17 heavy (non-hydrogen) atoms. The van der Waals surface area contributed by atoms with E-state index in [1.807, 2.05) is 0 Å². The molecule has 5 heteroatoms. The first-order valence-corrected chi connectivity index (χ1v) is 6.24. The SMILES string of the molecule is CC(C)C(C)N(C)CCN1CCNCC1.Cl.Cl. The van der Waals surface area contributed by atoms with Gasteiger partial charge in [0.1, 0.15) is 0 Å². The van der Waals surface area contributed by atoms with Gasteiger partial charge in [-0.25, -0.2) is 0 Å². The second-order valence-corrected chi connectivity index (χ2v) is 5.06. The van der Waals surface area contributed by atoms with E-state index in [1.165, 1.54) is 26.2 Å². The Morgan fingerprint density at radius 2 is 1.65 bits per heavy atom. The summed E-state index contributed by atoms with van der Waals surface area (Å²) in [6.45, 7) is 14.1. The zero-order valence-electron chi connectivity index (χ0n) is 11.6. The molecular formula is C12H29Cl2N3. The highest BCUT2D eigenvalue weighted by atomic mass is 35.5. The Bertz CT molecular complexity index is 173. The van der Waals surface area contributed by atoms with E-state index in [-0.39, 0.29) is 24.8 Å². The molecule has 1 saturated heterocycles. The summed E-state index contributed by atoms with van der Waals surface area (Å²) in [7, 11) is 2.24. The van der Waals surface area contributed by atoms with E-state index in [4.69, 9.17) is 0 Å². The maximum absolute atomic E-state index is 3.39. The minimum Gasteiger partial charge on any atom is -0.314 e. The summed E-state index contributed by atoms with van der Waals surface area (Å²) in [6.07, 6.45) is 0. The summed E-state index contributed by atoms with van der Waals surface area (Å²) >= 11 is 0. The number of piperazine rings is 1. The molecule has 0 aromatic rings. The number of nitrogens with zero attached hydrogens (tertiary/aromatic N) is 2. The molecule has 0 aromatic heterocycles. The molecule has 0 spiro atoms. The molecule has 0 saturated carbocycles. The van der Waals surface area contributed by atoms with Crippen LogP contribution in [0.5, 0.6) is 0 Å². The molecular weight excluding hydrogens is 257 g/mol. The van der Waals surface area contributed by atoms with Crippen LogP contribution in [0.4, 0.5) is 0 Å². The van der Waals surface area contributed by atoms with Crippen molar-refractivity contribution in [2.24, 2.45) is 5.92 Å². The Morgan fingerprint density at radius 1 is 1.12 bits per heavy atom. The monoisotopic (exact) mass is 285 g/mol. The van der Waals surface area contributed by atoms with E-state index < -0.39 is 0 Å². The van der Waals surface area contributed by atoms with Gasteiger partial charge in [-0.3, -0.25) is 4.90 Å². The van der Waals surface area contributed by atoms with Crippen molar-refractivity contribution < 1.29 is 0 Å². The molecule has 1 fully saturated rings. The maximum Gasteiger partial charge on any atom is 0.0110 e. The summed E-state index contributed by atoms with van der Waals surface area (Å²) in [5, 5.41) is 3.39. The number of hydrogen-bond acceptors (Lipinski definition) is 3. The van der Waals surface area contributed by atoms with Crippen molar-refractivity contribution in [2.45, 2.75) is 26.8 Å². The molecule has 1 aliphatic heterocycles. The fraction of sp³-hybridized carbons (Fsp3) is 1.00. The van der Waals surface area contributed by atoms with E-state index >= 15 is 0 Å². The molecule has 1 atom stereocenters. The lowest BCUT2D eigenvalue weighted by molar-refractivity contribution is 0.161. The van der Waals surface area contributed by atoms with Gasteiger partial charge in [-0.2, -0.15) is 0 Å². The molecule has 3 nitrogen and oxygen atoms in total. The van der Waals surface area contributed by atoms with Crippen LogP contribution in [0.3, 0.4) is 0 Å². The topological polar surface area (TPSA) is 18.5 Å².